The minimum Gasteiger partial charge on any atom is -0.493 e. The molecule has 0 fully saturated rings. The van der Waals surface area contributed by atoms with Gasteiger partial charge >= 0.3 is 0 Å². The molecule has 3 aromatic rings. The summed E-state index contributed by atoms with van der Waals surface area (Å²) in [6.07, 6.45) is 0. The van der Waals surface area contributed by atoms with Crippen molar-refractivity contribution in [2.75, 3.05) is 20.8 Å². The highest BCUT2D eigenvalue weighted by Gasteiger charge is 2.11. The molecule has 1 aromatic heterocycles. The van der Waals surface area contributed by atoms with Gasteiger partial charge in [0, 0.05) is 17.5 Å². The second-order valence-electron chi connectivity index (χ2n) is 6.23. The zero-order valence-electron chi connectivity index (χ0n) is 16.0. The number of hydrogen-bond acceptors (Lipinski definition) is 5. The topological polar surface area (TPSA) is 56.0 Å². The Bertz CT molecular complexity index is 1000. The molecular weight excluding hydrogens is 360 g/mol. The highest BCUT2D eigenvalue weighted by molar-refractivity contribution is 7.07. The number of rotatable bonds is 6. The van der Waals surface area contributed by atoms with Crippen molar-refractivity contribution in [2.45, 2.75) is 20.4 Å². The fourth-order valence-corrected chi connectivity index (χ4v) is 3.82. The molecule has 6 heteroatoms. The van der Waals surface area contributed by atoms with Crippen LogP contribution in [0.1, 0.15) is 11.1 Å². The van der Waals surface area contributed by atoms with Crippen LogP contribution in [0.3, 0.4) is 0 Å². The largest absolute Gasteiger partial charge is 0.493 e. The Labute approximate surface area is 163 Å². The quantitative estimate of drug-likeness (QED) is 0.697. The van der Waals surface area contributed by atoms with Crippen LogP contribution in [0.25, 0.3) is 11.3 Å². The lowest BCUT2D eigenvalue weighted by Crippen LogP contribution is -2.17. The fraction of sp³-hybridized carbons (Fsp3) is 0.286. The Morgan fingerprint density at radius 1 is 1.00 bits per heavy atom. The molecule has 0 spiro atoms. The van der Waals surface area contributed by atoms with E-state index in [9.17, 15) is 5.11 Å². The minimum atomic E-state index is 0.0388. The molecule has 0 saturated heterocycles. The first kappa shape index (κ1) is 19.2. The third kappa shape index (κ3) is 4.07. The number of aliphatic hydroxyl groups excluding tert-OH is 1. The molecule has 142 valence electrons. The smallest absolute Gasteiger partial charge is 0.190 e. The summed E-state index contributed by atoms with van der Waals surface area (Å²) in [7, 11) is 3.24. The summed E-state index contributed by atoms with van der Waals surface area (Å²) < 4.78 is 12.8. The summed E-state index contributed by atoms with van der Waals surface area (Å²) in [6.45, 7) is 4.68. The molecule has 1 heterocycles. The first-order chi connectivity index (χ1) is 13.1. The van der Waals surface area contributed by atoms with E-state index in [-0.39, 0.29) is 6.61 Å². The molecular formula is C21H24N2O3S. The molecule has 27 heavy (non-hydrogen) atoms. The molecule has 0 aliphatic heterocycles. The van der Waals surface area contributed by atoms with Crippen molar-refractivity contribution in [3.8, 4) is 22.8 Å². The van der Waals surface area contributed by atoms with E-state index in [0.29, 0.717) is 18.0 Å². The van der Waals surface area contributed by atoms with E-state index in [1.54, 1.807) is 25.6 Å². The fourth-order valence-electron chi connectivity index (χ4n) is 2.87. The Hall–Kier alpha value is -2.57. The zero-order chi connectivity index (χ0) is 19.4. The van der Waals surface area contributed by atoms with Crippen LogP contribution in [0.2, 0.25) is 0 Å². The third-order valence-electron chi connectivity index (χ3n) is 4.52. The molecule has 0 bridgehead atoms. The zero-order valence-corrected chi connectivity index (χ0v) is 16.8. The third-order valence-corrected chi connectivity index (χ3v) is 5.38. The Morgan fingerprint density at radius 3 is 2.44 bits per heavy atom. The number of benzene rings is 2. The number of nitrogens with zero attached hydrogens (tertiary/aromatic N) is 2. The highest BCUT2D eigenvalue weighted by Crippen LogP contribution is 2.32. The van der Waals surface area contributed by atoms with Crippen molar-refractivity contribution >= 4 is 17.0 Å². The molecule has 0 saturated carbocycles. The molecule has 0 amide bonds. The molecule has 3 rings (SSSR count). The maximum atomic E-state index is 9.56. The van der Waals surface area contributed by atoms with Crippen LogP contribution in [-0.2, 0) is 6.54 Å². The SMILES string of the molecule is COc1ccc(-c2csc(=Nc3ccc(C)c(C)c3)n2CCO)cc1OC. The predicted octanol–water partition coefficient (Wildman–Crippen LogP) is 4.08. The van der Waals surface area contributed by atoms with Crippen LogP contribution in [0.15, 0.2) is 46.8 Å². The van der Waals surface area contributed by atoms with Gasteiger partial charge in [-0.05, 0) is 55.3 Å². The first-order valence-electron chi connectivity index (χ1n) is 8.71. The van der Waals surface area contributed by atoms with Crippen molar-refractivity contribution in [3.63, 3.8) is 0 Å². The second-order valence-corrected chi connectivity index (χ2v) is 7.07. The van der Waals surface area contributed by atoms with Gasteiger partial charge in [-0.25, -0.2) is 4.99 Å². The average Bonchev–Trinajstić information content (AvgIpc) is 3.07. The van der Waals surface area contributed by atoms with Crippen molar-refractivity contribution in [1.29, 1.82) is 0 Å². The Kier molecular flexibility index (Phi) is 5.98. The van der Waals surface area contributed by atoms with Gasteiger partial charge in [-0.15, -0.1) is 11.3 Å². The van der Waals surface area contributed by atoms with E-state index >= 15 is 0 Å². The second kappa shape index (κ2) is 8.41. The summed E-state index contributed by atoms with van der Waals surface area (Å²) in [5, 5.41) is 11.6. The van der Waals surface area contributed by atoms with Crippen LogP contribution in [-0.4, -0.2) is 30.5 Å². The number of ether oxygens (including phenoxy) is 2. The monoisotopic (exact) mass is 384 g/mol. The van der Waals surface area contributed by atoms with Gasteiger partial charge in [0.05, 0.1) is 32.2 Å². The van der Waals surface area contributed by atoms with Gasteiger partial charge in [-0.1, -0.05) is 6.07 Å². The van der Waals surface area contributed by atoms with Crippen molar-refractivity contribution in [1.82, 2.24) is 4.57 Å². The molecule has 1 N–H and O–H groups in total. The first-order valence-corrected chi connectivity index (χ1v) is 9.59. The van der Waals surface area contributed by atoms with Crippen molar-refractivity contribution < 1.29 is 14.6 Å². The van der Waals surface area contributed by atoms with Crippen molar-refractivity contribution in [2.24, 2.45) is 4.99 Å². The number of thiazole rings is 1. The average molecular weight is 385 g/mol. The van der Waals surface area contributed by atoms with E-state index in [2.05, 4.69) is 31.4 Å². The van der Waals surface area contributed by atoms with E-state index < -0.39 is 0 Å². The van der Waals surface area contributed by atoms with Crippen LogP contribution in [0.4, 0.5) is 5.69 Å². The Balaban J connectivity index is 2.10. The van der Waals surface area contributed by atoms with Crippen molar-refractivity contribution in [3.05, 3.63) is 57.7 Å². The number of aryl methyl sites for hydroxylation is 2. The van der Waals surface area contributed by atoms with Gasteiger partial charge in [0.2, 0.25) is 0 Å². The predicted molar refractivity (Wildman–Crippen MR) is 109 cm³/mol. The molecule has 0 aliphatic rings. The minimum absolute atomic E-state index is 0.0388. The molecule has 5 nitrogen and oxygen atoms in total. The molecule has 0 aliphatic carbocycles. The summed E-state index contributed by atoms with van der Waals surface area (Å²) in [4.78, 5) is 5.64. The van der Waals surface area contributed by atoms with E-state index in [1.807, 2.05) is 28.8 Å². The number of methoxy groups -OCH3 is 2. The van der Waals surface area contributed by atoms with Crippen LogP contribution < -0.4 is 14.3 Å². The lowest BCUT2D eigenvalue weighted by molar-refractivity contribution is 0.275. The van der Waals surface area contributed by atoms with Gasteiger partial charge in [0.15, 0.2) is 16.3 Å². The van der Waals surface area contributed by atoms with Gasteiger partial charge in [0.1, 0.15) is 0 Å². The molecule has 0 unspecified atom stereocenters. The molecule has 0 atom stereocenters. The Morgan fingerprint density at radius 2 is 1.78 bits per heavy atom. The summed E-state index contributed by atoms with van der Waals surface area (Å²) in [5.74, 6) is 1.36. The van der Waals surface area contributed by atoms with E-state index in [1.165, 1.54) is 11.1 Å². The summed E-state index contributed by atoms with van der Waals surface area (Å²) in [5.41, 5.74) is 5.33. The number of aliphatic hydroxyl groups is 1. The van der Waals surface area contributed by atoms with Gasteiger partial charge in [-0.3, -0.25) is 0 Å². The van der Waals surface area contributed by atoms with Gasteiger partial charge in [-0.2, -0.15) is 0 Å². The normalized spacial score (nSPS) is 11.7. The lowest BCUT2D eigenvalue weighted by Gasteiger charge is -2.11. The lowest BCUT2D eigenvalue weighted by atomic mass is 10.1. The number of hydrogen-bond donors (Lipinski definition) is 1. The van der Waals surface area contributed by atoms with Gasteiger partial charge in [0.25, 0.3) is 0 Å². The van der Waals surface area contributed by atoms with E-state index in [0.717, 1.165) is 21.7 Å². The maximum Gasteiger partial charge on any atom is 0.190 e. The molecule has 0 radical (unpaired) electrons. The van der Waals surface area contributed by atoms with Crippen LogP contribution >= 0.6 is 11.3 Å². The maximum absolute atomic E-state index is 9.56. The standard InChI is InChI=1S/C21H24N2O3S/c1-14-5-7-17(11-15(14)2)22-21-23(9-10-24)18(13-27-21)16-6-8-19(25-3)20(12-16)26-4/h5-8,11-13,24H,9-10H2,1-4H3. The van der Waals surface area contributed by atoms with Gasteiger partial charge < -0.3 is 19.1 Å². The van der Waals surface area contributed by atoms with E-state index in [4.69, 9.17) is 14.5 Å². The van der Waals surface area contributed by atoms with Crippen LogP contribution in [0, 0.1) is 13.8 Å². The number of aromatic nitrogens is 1. The summed E-state index contributed by atoms with van der Waals surface area (Å²) >= 11 is 1.55. The highest BCUT2D eigenvalue weighted by atomic mass is 32.1. The summed E-state index contributed by atoms with van der Waals surface area (Å²) in [6, 6.07) is 12.0. The molecule has 2 aromatic carbocycles. The van der Waals surface area contributed by atoms with Crippen LogP contribution in [0.5, 0.6) is 11.5 Å².